The van der Waals surface area contributed by atoms with E-state index in [0.29, 0.717) is 16.0 Å². The Balaban J connectivity index is 1.87. The smallest absolute Gasteiger partial charge is 0.131 e. The lowest BCUT2D eigenvalue weighted by Crippen LogP contribution is -2.11. The van der Waals surface area contributed by atoms with Gasteiger partial charge in [0.15, 0.2) is 0 Å². The zero-order chi connectivity index (χ0) is 15.9. The van der Waals surface area contributed by atoms with Gasteiger partial charge < -0.3 is 10.6 Å². The van der Waals surface area contributed by atoms with Crippen LogP contribution in [-0.2, 0) is 6.42 Å². The molecule has 1 aromatic heterocycles. The average molecular weight is 339 g/mol. The molecule has 0 fully saturated rings. The van der Waals surface area contributed by atoms with Crippen molar-refractivity contribution in [3.8, 4) is 0 Å². The molecule has 2 rings (SSSR count). The molecule has 118 valence electrons. The molecule has 0 aliphatic carbocycles. The van der Waals surface area contributed by atoms with Gasteiger partial charge in [-0.2, -0.15) is 0 Å². The molecule has 6 heteroatoms. The minimum absolute atomic E-state index is 0.568. The maximum atomic E-state index is 6.16. The van der Waals surface area contributed by atoms with Crippen molar-refractivity contribution in [2.24, 2.45) is 5.92 Å². The molecule has 0 unspecified atom stereocenters. The van der Waals surface area contributed by atoms with E-state index < -0.39 is 0 Å². The molecule has 0 amide bonds. The zero-order valence-electron chi connectivity index (χ0n) is 12.7. The zero-order valence-corrected chi connectivity index (χ0v) is 14.2. The van der Waals surface area contributed by atoms with E-state index in [2.05, 4.69) is 34.4 Å². The van der Waals surface area contributed by atoms with Gasteiger partial charge in [0.2, 0.25) is 0 Å². The van der Waals surface area contributed by atoms with Crippen molar-refractivity contribution >= 4 is 34.8 Å². The topological polar surface area (TPSA) is 49.8 Å². The van der Waals surface area contributed by atoms with Gasteiger partial charge in [0.1, 0.15) is 18.0 Å². The third kappa shape index (κ3) is 5.35. The van der Waals surface area contributed by atoms with E-state index >= 15 is 0 Å². The summed E-state index contributed by atoms with van der Waals surface area (Å²) in [6, 6.07) is 7.46. The Morgan fingerprint density at radius 3 is 2.45 bits per heavy atom. The normalized spacial score (nSPS) is 10.8. The summed E-state index contributed by atoms with van der Waals surface area (Å²) in [5, 5.41) is 7.90. The minimum atomic E-state index is 0.568. The SMILES string of the molecule is CC(C)CNc1cc(NCCc2ccc(Cl)cc2Cl)ncn1. The quantitative estimate of drug-likeness (QED) is 0.779. The maximum absolute atomic E-state index is 6.16. The molecule has 2 N–H and O–H groups in total. The highest BCUT2D eigenvalue weighted by Gasteiger charge is 2.03. The van der Waals surface area contributed by atoms with Crippen LogP contribution in [0.25, 0.3) is 0 Å². The van der Waals surface area contributed by atoms with Gasteiger partial charge in [-0.3, -0.25) is 0 Å². The van der Waals surface area contributed by atoms with Crippen molar-refractivity contribution in [1.29, 1.82) is 0 Å². The predicted octanol–water partition coefficient (Wildman–Crippen LogP) is 4.51. The summed E-state index contributed by atoms with van der Waals surface area (Å²) >= 11 is 12.1. The second-order valence-corrected chi connectivity index (χ2v) is 6.32. The van der Waals surface area contributed by atoms with Crippen LogP contribution in [-0.4, -0.2) is 23.1 Å². The van der Waals surface area contributed by atoms with E-state index in [1.54, 1.807) is 12.4 Å². The molecule has 4 nitrogen and oxygen atoms in total. The lowest BCUT2D eigenvalue weighted by atomic mass is 10.1. The van der Waals surface area contributed by atoms with Gasteiger partial charge in [-0.05, 0) is 30.0 Å². The molecule has 22 heavy (non-hydrogen) atoms. The summed E-state index contributed by atoms with van der Waals surface area (Å²) in [4.78, 5) is 8.42. The molecule has 1 aromatic carbocycles. The summed E-state index contributed by atoms with van der Waals surface area (Å²) in [6.45, 7) is 5.94. The number of halogens is 2. The van der Waals surface area contributed by atoms with Crippen LogP contribution in [0.1, 0.15) is 19.4 Å². The highest BCUT2D eigenvalue weighted by molar-refractivity contribution is 6.35. The minimum Gasteiger partial charge on any atom is -0.370 e. The molecule has 0 aliphatic heterocycles. The first kappa shape index (κ1) is 16.8. The highest BCUT2D eigenvalue weighted by atomic mass is 35.5. The number of aromatic nitrogens is 2. The van der Waals surface area contributed by atoms with Crippen LogP contribution in [0.3, 0.4) is 0 Å². The van der Waals surface area contributed by atoms with Crippen LogP contribution in [0.4, 0.5) is 11.6 Å². The summed E-state index contributed by atoms with van der Waals surface area (Å²) in [5.41, 5.74) is 1.06. The standard InChI is InChI=1S/C16H20Cl2N4/c1-11(2)9-20-16-8-15(21-10-22-16)19-6-5-12-3-4-13(17)7-14(12)18/h3-4,7-8,10-11H,5-6,9H2,1-2H3,(H2,19,20,21,22). The van der Waals surface area contributed by atoms with Crippen LogP contribution < -0.4 is 10.6 Å². The van der Waals surface area contributed by atoms with E-state index in [-0.39, 0.29) is 0 Å². The van der Waals surface area contributed by atoms with E-state index in [1.807, 2.05) is 18.2 Å². The van der Waals surface area contributed by atoms with Gasteiger partial charge in [0.05, 0.1) is 0 Å². The Bertz CT molecular complexity index is 617. The lowest BCUT2D eigenvalue weighted by Gasteiger charge is -2.10. The first-order chi connectivity index (χ1) is 10.5. The number of benzene rings is 1. The summed E-state index contributed by atoms with van der Waals surface area (Å²) in [6.07, 6.45) is 2.36. The third-order valence-electron chi connectivity index (χ3n) is 3.07. The third-order valence-corrected chi connectivity index (χ3v) is 3.66. The summed E-state index contributed by atoms with van der Waals surface area (Å²) < 4.78 is 0. The highest BCUT2D eigenvalue weighted by Crippen LogP contribution is 2.21. The van der Waals surface area contributed by atoms with E-state index in [0.717, 1.165) is 36.7 Å². The van der Waals surface area contributed by atoms with Gasteiger partial charge in [-0.1, -0.05) is 43.1 Å². The van der Waals surface area contributed by atoms with E-state index in [9.17, 15) is 0 Å². The first-order valence-corrected chi connectivity index (χ1v) is 8.04. The molecule has 0 atom stereocenters. The summed E-state index contributed by atoms with van der Waals surface area (Å²) in [7, 11) is 0. The number of hydrogen-bond acceptors (Lipinski definition) is 4. The fourth-order valence-electron chi connectivity index (χ4n) is 1.91. The van der Waals surface area contributed by atoms with E-state index in [1.165, 1.54) is 0 Å². The number of nitrogens with zero attached hydrogens (tertiary/aromatic N) is 2. The predicted molar refractivity (Wildman–Crippen MR) is 94.0 cm³/mol. The lowest BCUT2D eigenvalue weighted by molar-refractivity contribution is 0.687. The Morgan fingerprint density at radius 2 is 1.77 bits per heavy atom. The summed E-state index contributed by atoms with van der Waals surface area (Å²) in [5.74, 6) is 2.19. The second-order valence-electron chi connectivity index (χ2n) is 5.48. The van der Waals surface area contributed by atoms with E-state index in [4.69, 9.17) is 23.2 Å². The van der Waals surface area contributed by atoms with Gasteiger partial charge in [-0.15, -0.1) is 0 Å². The van der Waals surface area contributed by atoms with Gasteiger partial charge >= 0.3 is 0 Å². The van der Waals surface area contributed by atoms with Gasteiger partial charge in [-0.25, -0.2) is 9.97 Å². The Hall–Kier alpha value is -1.52. The van der Waals surface area contributed by atoms with Crippen LogP contribution in [0.5, 0.6) is 0 Å². The molecule has 2 aromatic rings. The largest absolute Gasteiger partial charge is 0.370 e. The van der Waals surface area contributed by atoms with Crippen molar-refractivity contribution in [1.82, 2.24) is 9.97 Å². The molecule has 1 heterocycles. The maximum Gasteiger partial charge on any atom is 0.131 e. The Kier molecular flexibility index (Phi) is 6.28. The van der Waals surface area contributed by atoms with Crippen molar-refractivity contribution in [2.75, 3.05) is 23.7 Å². The van der Waals surface area contributed by atoms with Gasteiger partial charge in [0.25, 0.3) is 0 Å². The second kappa shape index (κ2) is 8.20. The molecule has 0 saturated carbocycles. The number of rotatable bonds is 7. The van der Waals surface area contributed by atoms with Crippen molar-refractivity contribution in [2.45, 2.75) is 20.3 Å². The Morgan fingerprint density at radius 1 is 1.05 bits per heavy atom. The van der Waals surface area contributed by atoms with Crippen LogP contribution in [0.2, 0.25) is 10.0 Å². The van der Waals surface area contributed by atoms with Crippen molar-refractivity contribution in [3.63, 3.8) is 0 Å². The number of nitrogens with one attached hydrogen (secondary N) is 2. The number of hydrogen-bond donors (Lipinski definition) is 2. The van der Waals surface area contributed by atoms with Crippen molar-refractivity contribution in [3.05, 3.63) is 46.2 Å². The molecule has 0 saturated heterocycles. The first-order valence-electron chi connectivity index (χ1n) is 7.28. The fourth-order valence-corrected chi connectivity index (χ4v) is 2.41. The monoisotopic (exact) mass is 338 g/mol. The van der Waals surface area contributed by atoms with Crippen LogP contribution >= 0.6 is 23.2 Å². The number of anilines is 2. The van der Waals surface area contributed by atoms with Crippen LogP contribution in [0, 0.1) is 5.92 Å². The molecular formula is C16H20Cl2N4. The fraction of sp³-hybridized carbons (Fsp3) is 0.375. The van der Waals surface area contributed by atoms with Crippen molar-refractivity contribution < 1.29 is 0 Å². The Labute approximate surface area is 141 Å². The molecule has 0 spiro atoms. The molecular weight excluding hydrogens is 319 g/mol. The molecule has 0 radical (unpaired) electrons. The average Bonchev–Trinajstić information content (AvgIpc) is 2.48. The van der Waals surface area contributed by atoms with Crippen LogP contribution in [0.15, 0.2) is 30.6 Å². The molecule has 0 bridgehead atoms. The molecule has 0 aliphatic rings. The van der Waals surface area contributed by atoms with Gasteiger partial charge in [0, 0.05) is 29.2 Å².